The molecular formula is C24H24ClN5O2. The number of piperazine rings is 1. The Kier molecular flexibility index (Phi) is 5.45. The molecule has 4 aromatic rings. The van der Waals surface area contributed by atoms with E-state index in [1.807, 2.05) is 72.0 Å². The van der Waals surface area contributed by atoms with Crippen molar-refractivity contribution in [1.29, 1.82) is 0 Å². The molecule has 3 heterocycles. The average molecular weight is 450 g/mol. The van der Waals surface area contributed by atoms with Gasteiger partial charge in [0.05, 0.1) is 11.6 Å². The van der Waals surface area contributed by atoms with Gasteiger partial charge in [0.15, 0.2) is 0 Å². The Labute approximate surface area is 191 Å². The van der Waals surface area contributed by atoms with Crippen LogP contribution in [0.2, 0.25) is 5.02 Å². The van der Waals surface area contributed by atoms with Gasteiger partial charge >= 0.3 is 0 Å². The first-order valence-corrected chi connectivity index (χ1v) is 11.0. The van der Waals surface area contributed by atoms with Gasteiger partial charge in [0.1, 0.15) is 5.69 Å². The van der Waals surface area contributed by atoms with E-state index in [9.17, 15) is 4.79 Å². The van der Waals surface area contributed by atoms with Crippen LogP contribution in [0.15, 0.2) is 53.1 Å². The second-order valence-electron chi connectivity index (χ2n) is 8.18. The van der Waals surface area contributed by atoms with Gasteiger partial charge in [0, 0.05) is 49.7 Å². The van der Waals surface area contributed by atoms with E-state index in [1.54, 1.807) is 0 Å². The molecule has 164 valence electrons. The van der Waals surface area contributed by atoms with Crippen molar-refractivity contribution in [1.82, 2.24) is 24.5 Å². The van der Waals surface area contributed by atoms with Crippen LogP contribution in [-0.4, -0.2) is 56.6 Å². The largest absolute Gasteiger partial charge is 0.338 e. The lowest BCUT2D eigenvalue weighted by molar-refractivity contribution is 0.0606. The number of benzene rings is 2. The van der Waals surface area contributed by atoms with Gasteiger partial charge in [-0.15, -0.1) is 0 Å². The average Bonchev–Trinajstić information content (AvgIpc) is 3.37. The quantitative estimate of drug-likeness (QED) is 0.468. The number of carbonyl (C=O) groups is 1. The fourth-order valence-electron chi connectivity index (χ4n) is 4.17. The molecule has 0 spiro atoms. The number of halogens is 1. The molecule has 0 saturated carbocycles. The Balaban J connectivity index is 1.23. The lowest BCUT2D eigenvalue weighted by atomic mass is 10.1. The zero-order valence-corrected chi connectivity index (χ0v) is 18.8. The maximum Gasteiger partial charge on any atom is 0.272 e. The Morgan fingerprint density at radius 2 is 1.78 bits per heavy atom. The van der Waals surface area contributed by atoms with Gasteiger partial charge in [0.2, 0.25) is 11.7 Å². The van der Waals surface area contributed by atoms with Gasteiger partial charge < -0.3 is 14.0 Å². The molecular weight excluding hydrogens is 426 g/mol. The monoisotopic (exact) mass is 449 g/mol. The third-order valence-corrected chi connectivity index (χ3v) is 6.43. The number of fused-ring (bicyclic) bond motifs is 1. The van der Waals surface area contributed by atoms with Crippen LogP contribution in [0.3, 0.4) is 0 Å². The first kappa shape index (κ1) is 20.7. The molecule has 1 aliphatic heterocycles. The molecule has 0 bridgehead atoms. The maximum atomic E-state index is 13.2. The molecule has 2 aromatic carbocycles. The number of aryl methyl sites for hydroxylation is 2. The fraction of sp³-hybridized carbons (Fsp3) is 0.292. The second kappa shape index (κ2) is 8.41. The van der Waals surface area contributed by atoms with E-state index < -0.39 is 0 Å². The molecule has 1 aliphatic rings. The highest BCUT2D eigenvalue weighted by atomic mass is 35.5. The number of amides is 1. The Morgan fingerprint density at radius 1 is 1.06 bits per heavy atom. The zero-order valence-electron chi connectivity index (χ0n) is 18.1. The fourth-order valence-corrected chi connectivity index (χ4v) is 4.54. The van der Waals surface area contributed by atoms with Crippen molar-refractivity contribution in [2.45, 2.75) is 13.5 Å². The normalized spacial score (nSPS) is 14.9. The maximum absolute atomic E-state index is 13.2. The van der Waals surface area contributed by atoms with Crippen molar-refractivity contribution < 1.29 is 9.32 Å². The molecule has 2 aromatic heterocycles. The van der Waals surface area contributed by atoms with E-state index in [4.69, 9.17) is 16.1 Å². The number of carbonyl (C=O) groups excluding carboxylic acids is 1. The third kappa shape index (κ3) is 3.78. The molecule has 7 nitrogen and oxygen atoms in total. The molecule has 1 amide bonds. The molecule has 1 fully saturated rings. The van der Waals surface area contributed by atoms with E-state index in [2.05, 4.69) is 15.0 Å². The highest BCUT2D eigenvalue weighted by Crippen LogP contribution is 2.31. The highest BCUT2D eigenvalue weighted by Gasteiger charge is 2.28. The van der Waals surface area contributed by atoms with Crippen LogP contribution in [-0.2, 0) is 13.6 Å². The number of aromatic nitrogens is 3. The van der Waals surface area contributed by atoms with Crippen LogP contribution >= 0.6 is 11.6 Å². The molecule has 5 rings (SSSR count). The predicted molar refractivity (Wildman–Crippen MR) is 124 cm³/mol. The summed E-state index contributed by atoms with van der Waals surface area (Å²) in [5.74, 6) is 1.14. The number of rotatable bonds is 4. The summed E-state index contributed by atoms with van der Waals surface area (Å²) in [6, 6.07) is 15.9. The van der Waals surface area contributed by atoms with Gasteiger partial charge in [-0.3, -0.25) is 9.69 Å². The van der Waals surface area contributed by atoms with Crippen molar-refractivity contribution in [2.75, 3.05) is 26.2 Å². The van der Waals surface area contributed by atoms with E-state index >= 15 is 0 Å². The van der Waals surface area contributed by atoms with Gasteiger partial charge in [-0.2, -0.15) is 4.98 Å². The molecule has 32 heavy (non-hydrogen) atoms. The van der Waals surface area contributed by atoms with Crippen LogP contribution in [0.4, 0.5) is 0 Å². The Morgan fingerprint density at radius 3 is 2.50 bits per heavy atom. The minimum atomic E-state index is -0.0344. The molecule has 0 aliphatic carbocycles. The second-order valence-corrected chi connectivity index (χ2v) is 8.56. The molecule has 0 atom stereocenters. The summed E-state index contributed by atoms with van der Waals surface area (Å²) >= 11 is 6.57. The first-order valence-electron chi connectivity index (χ1n) is 10.7. The number of nitrogens with zero attached hydrogens (tertiary/aromatic N) is 5. The molecule has 0 N–H and O–H groups in total. The van der Waals surface area contributed by atoms with Crippen LogP contribution in [0.25, 0.3) is 22.3 Å². The first-order chi connectivity index (χ1) is 15.5. The summed E-state index contributed by atoms with van der Waals surface area (Å²) in [6.07, 6.45) is 0. The van der Waals surface area contributed by atoms with Crippen molar-refractivity contribution in [3.05, 3.63) is 70.7 Å². The van der Waals surface area contributed by atoms with Gasteiger partial charge in [-0.1, -0.05) is 64.8 Å². The lowest BCUT2D eigenvalue weighted by Gasteiger charge is -2.34. The van der Waals surface area contributed by atoms with Crippen molar-refractivity contribution in [2.24, 2.45) is 7.05 Å². The molecule has 8 heteroatoms. The number of hydrogen-bond acceptors (Lipinski definition) is 5. The van der Waals surface area contributed by atoms with Gasteiger partial charge in [0.25, 0.3) is 5.91 Å². The smallest absolute Gasteiger partial charge is 0.272 e. The van der Waals surface area contributed by atoms with Crippen LogP contribution < -0.4 is 0 Å². The van der Waals surface area contributed by atoms with Crippen molar-refractivity contribution in [3.8, 4) is 11.4 Å². The summed E-state index contributed by atoms with van der Waals surface area (Å²) in [5.41, 5.74) is 3.63. The van der Waals surface area contributed by atoms with Gasteiger partial charge in [-0.25, -0.2) is 0 Å². The Hall–Kier alpha value is -3.16. The highest BCUT2D eigenvalue weighted by molar-refractivity contribution is 6.38. The van der Waals surface area contributed by atoms with Crippen LogP contribution in [0.1, 0.15) is 21.9 Å². The third-order valence-electron chi connectivity index (χ3n) is 6.04. The minimum Gasteiger partial charge on any atom is -0.338 e. The zero-order chi connectivity index (χ0) is 22.2. The molecule has 0 radical (unpaired) electrons. The van der Waals surface area contributed by atoms with E-state index in [0.717, 1.165) is 29.6 Å². The predicted octanol–water partition coefficient (Wildman–Crippen LogP) is 4.15. The number of para-hydroxylation sites is 1. The summed E-state index contributed by atoms with van der Waals surface area (Å²) in [6.45, 7) is 5.32. The standard InChI is InChI=1S/C24H24ClN5O2/c1-16-7-9-17(10-8-16)23-26-20(32-27-23)15-29-11-13-30(14-12-29)24(31)22-21(25)18-5-3-4-6-19(18)28(22)2/h3-10H,11-15H2,1-2H3. The van der Waals surface area contributed by atoms with Gasteiger partial charge in [-0.05, 0) is 13.0 Å². The summed E-state index contributed by atoms with van der Waals surface area (Å²) in [5, 5.41) is 5.53. The summed E-state index contributed by atoms with van der Waals surface area (Å²) < 4.78 is 7.34. The van der Waals surface area contributed by atoms with Crippen LogP contribution in [0, 0.1) is 6.92 Å². The molecule has 1 saturated heterocycles. The summed E-state index contributed by atoms with van der Waals surface area (Å²) in [7, 11) is 1.89. The minimum absolute atomic E-state index is 0.0344. The number of hydrogen-bond donors (Lipinski definition) is 0. The summed E-state index contributed by atoms with van der Waals surface area (Å²) in [4.78, 5) is 21.8. The van der Waals surface area contributed by atoms with E-state index in [-0.39, 0.29) is 5.91 Å². The van der Waals surface area contributed by atoms with E-state index in [1.165, 1.54) is 5.56 Å². The topological polar surface area (TPSA) is 67.4 Å². The lowest BCUT2D eigenvalue weighted by Crippen LogP contribution is -2.48. The Bertz CT molecular complexity index is 1230. The van der Waals surface area contributed by atoms with Crippen LogP contribution in [0.5, 0.6) is 0 Å². The van der Waals surface area contributed by atoms with Crippen molar-refractivity contribution >= 4 is 28.4 Å². The molecule has 0 unspecified atom stereocenters. The van der Waals surface area contributed by atoms with E-state index in [0.29, 0.717) is 42.1 Å². The van der Waals surface area contributed by atoms with Crippen molar-refractivity contribution in [3.63, 3.8) is 0 Å². The SMILES string of the molecule is Cc1ccc(-c2noc(CN3CCN(C(=O)c4c(Cl)c5ccccc5n4C)CC3)n2)cc1.